The summed E-state index contributed by atoms with van der Waals surface area (Å²) in [7, 11) is -7.17. The molecule has 0 bridgehead atoms. The minimum atomic E-state index is -3.77. The number of hydrogen-bond acceptors (Lipinski definition) is 4. The summed E-state index contributed by atoms with van der Waals surface area (Å²) in [6, 6.07) is 11.9. The summed E-state index contributed by atoms with van der Waals surface area (Å²) < 4.78 is 50.4. The zero-order valence-corrected chi connectivity index (χ0v) is 14.2. The van der Waals surface area contributed by atoms with Crippen molar-refractivity contribution in [2.45, 2.75) is 9.79 Å². The van der Waals surface area contributed by atoms with Crippen LogP contribution < -0.4 is 4.72 Å². The zero-order chi connectivity index (χ0) is 15.7. The van der Waals surface area contributed by atoms with Crippen LogP contribution in [0.5, 0.6) is 0 Å². The van der Waals surface area contributed by atoms with Crippen molar-refractivity contribution in [2.75, 3.05) is 11.0 Å². The Morgan fingerprint density at radius 3 is 2.14 bits per heavy atom. The molecule has 0 aliphatic rings. The summed E-state index contributed by atoms with van der Waals surface area (Å²) in [5, 5.41) is 0. The highest BCUT2D eigenvalue weighted by atomic mass is 79.9. The minimum Gasteiger partial charge on any atom is -0.280 e. The Morgan fingerprint density at radius 1 is 0.905 bits per heavy atom. The van der Waals surface area contributed by atoms with Gasteiger partial charge in [-0.05, 0) is 36.4 Å². The van der Waals surface area contributed by atoms with Gasteiger partial charge in [0.25, 0.3) is 10.0 Å². The lowest BCUT2D eigenvalue weighted by atomic mass is 10.3. The van der Waals surface area contributed by atoms with Gasteiger partial charge in [-0.3, -0.25) is 4.72 Å². The molecular formula is C13H12BrNO4S2. The number of nitrogens with one attached hydrogen (secondary N) is 1. The molecule has 0 spiro atoms. The summed E-state index contributed by atoms with van der Waals surface area (Å²) in [4.78, 5) is 0.138. The fourth-order valence-corrected chi connectivity index (χ4v) is 3.95. The molecule has 0 aliphatic heterocycles. The monoisotopic (exact) mass is 389 g/mol. The van der Waals surface area contributed by atoms with Crippen LogP contribution in [0.4, 0.5) is 5.69 Å². The maximum Gasteiger partial charge on any atom is 0.261 e. The number of sulfonamides is 1. The maximum atomic E-state index is 12.2. The minimum absolute atomic E-state index is 0.0527. The van der Waals surface area contributed by atoms with Gasteiger partial charge in [-0.15, -0.1) is 0 Å². The van der Waals surface area contributed by atoms with E-state index in [9.17, 15) is 16.8 Å². The maximum absolute atomic E-state index is 12.2. The van der Waals surface area contributed by atoms with Gasteiger partial charge in [0.2, 0.25) is 0 Å². The standard InChI is InChI=1S/C13H12BrNO4S2/c1-20(16,17)12-6-3-5-11(9-12)15-21(18,19)13-7-2-4-10(14)8-13/h2-9,15H,1H3. The van der Waals surface area contributed by atoms with E-state index >= 15 is 0 Å². The van der Waals surface area contributed by atoms with Gasteiger partial charge in [0, 0.05) is 10.7 Å². The van der Waals surface area contributed by atoms with Crippen LogP contribution in [0.3, 0.4) is 0 Å². The molecule has 0 aromatic heterocycles. The third kappa shape index (κ3) is 4.05. The van der Waals surface area contributed by atoms with E-state index in [2.05, 4.69) is 20.7 Å². The average molecular weight is 390 g/mol. The second-order valence-corrected chi connectivity index (χ2v) is 8.98. The molecule has 0 atom stereocenters. The van der Waals surface area contributed by atoms with E-state index in [1.54, 1.807) is 12.1 Å². The molecular weight excluding hydrogens is 378 g/mol. The molecule has 0 amide bonds. The Balaban J connectivity index is 2.38. The molecule has 2 rings (SSSR count). The van der Waals surface area contributed by atoms with Crippen LogP contribution >= 0.6 is 15.9 Å². The van der Waals surface area contributed by atoms with Gasteiger partial charge >= 0.3 is 0 Å². The lowest BCUT2D eigenvalue weighted by molar-refractivity contribution is 0.599. The Kier molecular flexibility index (Phi) is 4.40. The number of rotatable bonds is 4. The average Bonchev–Trinajstić information content (AvgIpc) is 2.37. The molecule has 21 heavy (non-hydrogen) atoms. The number of sulfone groups is 1. The van der Waals surface area contributed by atoms with Crippen LogP contribution in [0.1, 0.15) is 0 Å². The highest BCUT2D eigenvalue weighted by molar-refractivity contribution is 9.10. The van der Waals surface area contributed by atoms with E-state index in [1.165, 1.54) is 36.4 Å². The molecule has 0 saturated carbocycles. The van der Waals surface area contributed by atoms with Gasteiger partial charge in [-0.1, -0.05) is 28.1 Å². The molecule has 0 heterocycles. The van der Waals surface area contributed by atoms with E-state index in [0.29, 0.717) is 4.47 Å². The van der Waals surface area contributed by atoms with Gasteiger partial charge in [0.15, 0.2) is 9.84 Å². The first-order valence-electron chi connectivity index (χ1n) is 5.77. The van der Waals surface area contributed by atoms with Crippen LogP contribution in [0.15, 0.2) is 62.8 Å². The molecule has 1 N–H and O–H groups in total. The molecule has 0 saturated heterocycles. The Bertz CT molecular complexity index is 877. The van der Waals surface area contributed by atoms with Crippen molar-refractivity contribution in [3.63, 3.8) is 0 Å². The normalized spacial score (nSPS) is 12.1. The van der Waals surface area contributed by atoms with Gasteiger partial charge in [-0.25, -0.2) is 16.8 Å². The highest BCUT2D eigenvalue weighted by Crippen LogP contribution is 2.21. The first kappa shape index (κ1) is 16.0. The van der Waals surface area contributed by atoms with E-state index in [1.807, 2.05) is 0 Å². The quantitative estimate of drug-likeness (QED) is 0.871. The molecule has 0 aliphatic carbocycles. The molecule has 112 valence electrons. The number of halogens is 1. The summed E-state index contributed by atoms with van der Waals surface area (Å²) in [5.41, 5.74) is 0.193. The van der Waals surface area contributed by atoms with Crippen LogP contribution in [0.25, 0.3) is 0 Å². The summed E-state index contributed by atoms with van der Waals surface area (Å²) in [6.07, 6.45) is 1.06. The smallest absolute Gasteiger partial charge is 0.261 e. The third-order valence-corrected chi connectivity index (χ3v) is 5.60. The molecule has 5 nitrogen and oxygen atoms in total. The molecule has 0 radical (unpaired) electrons. The Hall–Kier alpha value is -1.38. The largest absolute Gasteiger partial charge is 0.280 e. The van der Waals surface area contributed by atoms with Crippen molar-refractivity contribution in [3.05, 3.63) is 53.0 Å². The Morgan fingerprint density at radius 2 is 1.52 bits per heavy atom. The van der Waals surface area contributed by atoms with Gasteiger partial charge in [-0.2, -0.15) is 0 Å². The second kappa shape index (κ2) is 5.78. The van der Waals surface area contributed by atoms with Gasteiger partial charge in [0.1, 0.15) is 0 Å². The molecule has 2 aromatic carbocycles. The SMILES string of the molecule is CS(=O)(=O)c1cccc(NS(=O)(=O)c2cccc(Br)c2)c1. The second-order valence-electron chi connectivity index (χ2n) is 4.36. The lowest BCUT2D eigenvalue weighted by Gasteiger charge is -2.09. The fraction of sp³-hybridized carbons (Fsp3) is 0.0769. The topological polar surface area (TPSA) is 80.3 Å². The van der Waals surface area contributed by atoms with Crippen LogP contribution in [0.2, 0.25) is 0 Å². The van der Waals surface area contributed by atoms with Gasteiger partial charge < -0.3 is 0 Å². The third-order valence-electron chi connectivity index (χ3n) is 2.62. The predicted molar refractivity (Wildman–Crippen MR) is 84.5 cm³/mol. The van der Waals surface area contributed by atoms with Crippen LogP contribution in [0, 0.1) is 0 Å². The summed E-state index contributed by atoms with van der Waals surface area (Å²) >= 11 is 3.21. The Labute approximate surface area is 132 Å². The van der Waals surface area contributed by atoms with E-state index in [4.69, 9.17) is 0 Å². The van der Waals surface area contributed by atoms with Gasteiger partial charge in [0.05, 0.1) is 15.5 Å². The number of anilines is 1. The summed E-state index contributed by atoms with van der Waals surface area (Å²) in [6.45, 7) is 0. The van der Waals surface area contributed by atoms with Crippen molar-refractivity contribution in [1.29, 1.82) is 0 Å². The van der Waals surface area contributed by atoms with Crippen LogP contribution in [-0.4, -0.2) is 23.1 Å². The van der Waals surface area contributed by atoms with E-state index < -0.39 is 19.9 Å². The highest BCUT2D eigenvalue weighted by Gasteiger charge is 2.15. The van der Waals surface area contributed by atoms with Crippen molar-refractivity contribution >= 4 is 41.5 Å². The number of hydrogen-bond donors (Lipinski definition) is 1. The molecule has 0 unspecified atom stereocenters. The molecule has 8 heteroatoms. The molecule has 0 fully saturated rings. The van der Waals surface area contributed by atoms with Crippen molar-refractivity contribution in [1.82, 2.24) is 0 Å². The van der Waals surface area contributed by atoms with E-state index in [0.717, 1.165) is 6.26 Å². The van der Waals surface area contributed by atoms with Crippen molar-refractivity contribution < 1.29 is 16.8 Å². The first-order chi connectivity index (χ1) is 9.68. The lowest BCUT2D eigenvalue weighted by Crippen LogP contribution is -2.13. The predicted octanol–water partition coefficient (Wildman–Crippen LogP) is 2.65. The van der Waals surface area contributed by atoms with Crippen molar-refractivity contribution in [3.8, 4) is 0 Å². The fourth-order valence-electron chi connectivity index (χ4n) is 1.64. The van der Waals surface area contributed by atoms with E-state index in [-0.39, 0.29) is 15.5 Å². The first-order valence-corrected chi connectivity index (χ1v) is 9.94. The number of benzene rings is 2. The van der Waals surface area contributed by atoms with Crippen LogP contribution in [-0.2, 0) is 19.9 Å². The zero-order valence-electron chi connectivity index (χ0n) is 10.9. The summed E-state index contributed by atoms with van der Waals surface area (Å²) in [5.74, 6) is 0. The van der Waals surface area contributed by atoms with Crippen molar-refractivity contribution in [2.24, 2.45) is 0 Å². The molecule has 2 aromatic rings.